The van der Waals surface area contributed by atoms with Crippen LogP contribution in [0.15, 0.2) is 24.5 Å². The van der Waals surface area contributed by atoms with Gasteiger partial charge in [0.15, 0.2) is 0 Å². The van der Waals surface area contributed by atoms with Crippen molar-refractivity contribution in [2.24, 2.45) is 0 Å². The van der Waals surface area contributed by atoms with Crippen molar-refractivity contribution in [3.05, 3.63) is 35.8 Å². The molecule has 0 bridgehead atoms. The molecule has 0 saturated carbocycles. The van der Waals surface area contributed by atoms with Gasteiger partial charge in [-0.05, 0) is 12.1 Å². The van der Waals surface area contributed by atoms with Crippen molar-refractivity contribution in [3.8, 4) is 0 Å². The molecule has 0 saturated heterocycles. The van der Waals surface area contributed by atoms with Crippen molar-refractivity contribution in [2.45, 2.75) is 0 Å². The molecule has 86 valence electrons. The number of carboxylic acid groups (broad SMARTS) is 1. The lowest BCUT2D eigenvalue weighted by molar-refractivity contribution is 0.0690. The van der Waals surface area contributed by atoms with Crippen LogP contribution in [0.4, 0.5) is 5.00 Å². The van der Waals surface area contributed by atoms with Gasteiger partial charge in [-0.3, -0.25) is 4.79 Å². The quantitative estimate of drug-likeness (QED) is 0.837. The van der Waals surface area contributed by atoms with Crippen molar-refractivity contribution < 1.29 is 14.7 Å². The maximum Gasteiger partial charge on any atom is 0.354 e. The molecule has 17 heavy (non-hydrogen) atoms. The average molecular weight is 250 g/mol. The summed E-state index contributed by atoms with van der Waals surface area (Å²) in [5.41, 5.74) is 0.157. The summed E-state index contributed by atoms with van der Waals surface area (Å²) in [6.07, 6.45) is 2.62. The van der Waals surface area contributed by atoms with Crippen LogP contribution in [-0.4, -0.2) is 31.6 Å². The van der Waals surface area contributed by atoms with E-state index in [2.05, 4.69) is 19.9 Å². The largest absolute Gasteiger partial charge is 0.477 e. The Labute approximate surface area is 99.3 Å². The number of carboxylic acids is 1. The third-order valence-electron chi connectivity index (χ3n) is 1.84. The van der Waals surface area contributed by atoms with Gasteiger partial charge < -0.3 is 10.4 Å². The highest BCUT2D eigenvalue weighted by Gasteiger charge is 2.10. The Balaban J connectivity index is 2.12. The van der Waals surface area contributed by atoms with Gasteiger partial charge in [-0.25, -0.2) is 9.78 Å². The Morgan fingerprint density at radius 1 is 1.29 bits per heavy atom. The monoisotopic (exact) mass is 250 g/mol. The summed E-state index contributed by atoms with van der Waals surface area (Å²) >= 11 is 1.05. The highest BCUT2D eigenvalue weighted by Crippen LogP contribution is 2.11. The molecule has 8 heteroatoms. The van der Waals surface area contributed by atoms with Gasteiger partial charge in [-0.2, -0.15) is 0 Å². The number of aromatic carboxylic acids is 1. The zero-order valence-corrected chi connectivity index (χ0v) is 9.14. The van der Waals surface area contributed by atoms with Gasteiger partial charge in [-0.15, -0.1) is 5.10 Å². The third-order valence-corrected chi connectivity index (χ3v) is 2.42. The number of hydrogen-bond acceptors (Lipinski definition) is 6. The molecule has 2 rings (SSSR count). The molecule has 0 aliphatic carbocycles. The number of nitrogens with zero attached hydrogens (tertiary/aromatic N) is 3. The molecule has 7 nitrogen and oxygen atoms in total. The summed E-state index contributed by atoms with van der Waals surface area (Å²) in [4.78, 5) is 25.8. The molecule has 0 spiro atoms. The summed E-state index contributed by atoms with van der Waals surface area (Å²) in [5, 5.41) is 15.3. The first-order chi connectivity index (χ1) is 8.16. The van der Waals surface area contributed by atoms with Gasteiger partial charge in [0.05, 0.1) is 11.8 Å². The van der Waals surface area contributed by atoms with E-state index in [1.807, 2.05) is 0 Å². The van der Waals surface area contributed by atoms with E-state index in [1.165, 1.54) is 24.5 Å². The van der Waals surface area contributed by atoms with Gasteiger partial charge in [-0.1, -0.05) is 4.49 Å². The summed E-state index contributed by atoms with van der Waals surface area (Å²) in [6.45, 7) is 0. The second kappa shape index (κ2) is 4.66. The van der Waals surface area contributed by atoms with E-state index in [0.717, 1.165) is 11.5 Å². The number of pyridine rings is 1. The lowest BCUT2D eigenvalue weighted by Gasteiger charge is -2.01. The van der Waals surface area contributed by atoms with Crippen molar-refractivity contribution in [1.82, 2.24) is 14.6 Å². The van der Waals surface area contributed by atoms with Gasteiger partial charge >= 0.3 is 5.97 Å². The van der Waals surface area contributed by atoms with Gasteiger partial charge in [0.1, 0.15) is 10.7 Å². The van der Waals surface area contributed by atoms with Crippen LogP contribution in [-0.2, 0) is 0 Å². The molecule has 0 aromatic carbocycles. The number of nitrogens with one attached hydrogen (secondary N) is 1. The van der Waals surface area contributed by atoms with E-state index in [4.69, 9.17) is 5.11 Å². The molecule has 0 radical (unpaired) electrons. The Morgan fingerprint density at radius 2 is 2.12 bits per heavy atom. The zero-order chi connectivity index (χ0) is 12.3. The maximum atomic E-state index is 11.6. The average Bonchev–Trinajstić information content (AvgIpc) is 2.82. The van der Waals surface area contributed by atoms with Crippen LogP contribution in [0.2, 0.25) is 0 Å². The summed E-state index contributed by atoms with van der Waals surface area (Å²) in [6, 6.07) is 2.66. The predicted octanol–water partition coefficient (Wildman–Crippen LogP) is 0.884. The minimum Gasteiger partial charge on any atom is -0.477 e. The Kier molecular flexibility index (Phi) is 3.06. The van der Waals surface area contributed by atoms with E-state index in [-0.39, 0.29) is 17.2 Å². The first-order valence-electron chi connectivity index (χ1n) is 4.45. The van der Waals surface area contributed by atoms with Crippen LogP contribution in [0.25, 0.3) is 0 Å². The van der Waals surface area contributed by atoms with Crippen molar-refractivity contribution in [3.63, 3.8) is 0 Å². The molecular formula is C9H6N4O3S. The molecule has 2 N–H and O–H groups in total. The summed E-state index contributed by atoms with van der Waals surface area (Å²) < 4.78 is 3.59. The second-order valence-corrected chi connectivity index (χ2v) is 3.76. The van der Waals surface area contributed by atoms with Crippen LogP contribution in [0.1, 0.15) is 20.8 Å². The molecule has 2 aromatic rings. The topological polar surface area (TPSA) is 105 Å². The highest BCUT2D eigenvalue weighted by molar-refractivity contribution is 7.10. The van der Waals surface area contributed by atoms with E-state index in [0.29, 0.717) is 5.00 Å². The van der Waals surface area contributed by atoms with E-state index >= 15 is 0 Å². The van der Waals surface area contributed by atoms with Gasteiger partial charge in [0, 0.05) is 17.7 Å². The van der Waals surface area contributed by atoms with Crippen LogP contribution in [0.3, 0.4) is 0 Å². The minimum atomic E-state index is -1.14. The molecule has 0 unspecified atom stereocenters. The lowest BCUT2D eigenvalue weighted by atomic mass is 10.2. The highest BCUT2D eigenvalue weighted by atomic mass is 32.1. The van der Waals surface area contributed by atoms with Crippen LogP contribution < -0.4 is 5.32 Å². The Morgan fingerprint density at radius 3 is 2.65 bits per heavy atom. The normalized spacial score (nSPS) is 9.88. The second-order valence-electron chi connectivity index (χ2n) is 2.97. The van der Waals surface area contributed by atoms with Crippen molar-refractivity contribution in [1.29, 1.82) is 0 Å². The number of aromatic nitrogens is 3. The number of rotatable bonds is 3. The van der Waals surface area contributed by atoms with Crippen LogP contribution in [0, 0.1) is 0 Å². The number of carbonyl (C=O) groups is 2. The molecule has 0 aliphatic rings. The molecule has 2 aromatic heterocycles. The fourth-order valence-corrected chi connectivity index (χ4v) is 1.48. The van der Waals surface area contributed by atoms with Gasteiger partial charge in [0.2, 0.25) is 0 Å². The predicted molar refractivity (Wildman–Crippen MR) is 59.1 cm³/mol. The van der Waals surface area contributed by atoms with E-state index in [1.54, 1.807) is 0 Å². The smallest absolute Gasteiger partial charge is 0.354 e. The standard InChI is InChI=1S/C9H6N4O3S/c14-8(12-7-4-11-13-17-7)5-1-2-6(9(15)16)10-3-5/h1-4H,(H,12,14)(H,15,16). The SMILES string of the molecule is O=C(Nc1cnns1)c1ccc(C(=O)O)nc1. The molecule has 0 aliphatic heterocycles. The van der Waals surface area contributed by atoms with Crippen molar-refractivity contribution in [2.75, 3.05) is 5.32 Å². The minimum absolute atomic E-state index is 0.110. The third kappa shape index (κ3) is 2.61. The Bertz CT molecular complexity index is 538. The van der Waals surface area contributed by atoms with E-state index in [9.17, 15) is 9.59 Å². The van der Waals surface area contributed by atoms with Crippen LogP contribution in [0.5, 0.6) is 0 Å². The number of hydrogen-bond donors (Lipinski definition) is 2. The molecule has 0 atom stereocenters. The molecule has 1 amide bonds. The lowest BCUT2D eigenvalue weighted by Crippen LogP contribution is -2.12. The fraction of sp³-hybridized carbons (Fsp3) is 0. The van der Waals surface area contributed by atoms with Crippen LogP contribution >= 0.6 is 11.5 Å². The van der Waals surface area contributed by atoms with E-state index < -0.39 is 5.97 Å². The first kappa shape index (κ1) is 11.1. The molecule has 2 heterocycles. The Hall–Kier alpha value is -2.35. The zero-order valence-electron chi connectivity index (χ0n) is 8.32. The molecular weight excluding hydrogens is 244 g/mol. The van der Waals surface area contributed by atoms with Crippen molar-refractivity contribution >= 4 is 28.4 Å². The number of amides is 1. The van der Waals surface area contributed by atoms with Gasteiger partial charge in [0.25, 0.3) is 5.91 Å². The summed E-state index contributed by atoms with van der Waals surface area (Å²) in [7, 11) is 0. The fourth-order valence-electron chi connectivity index (χ4n) is 1.06. The number of anilines is 1. The number of carbonyl (C=O) groups excluding carboxylic acids is 1. The maximum absolute atomic E-state index is 11.6. The molecule has 0 fully saturated rings. The first-order valence-corrected chi connectivity index (χ1v) is 5.22. The summed E-state index contributed by atoms with van der Waals surface area (Å²) in [5.74, 6) is -1.52.